The molecule has 0 amide bonds. The summed E-state index contributed by atoms with van der Waals surface area (Å²) in [5.41, 5.74) is 1.07. The highest BCUT2D eigenvalue weighted by atomic mass is 32.1. The van der Waals surface area contributed by atoms with Crippen LogP contribution in [0.3, 0.4) is 0 Å². The Morgan fingerprint density at radius 3 is 2.00 bits per heavy atom. The third-order valence-electron chi connectivity index (χ3n) is 6.67. The van der Waals surface area contributed by atoms with Crippen molar-refractivity contribution >= 4 is 34.9 Å². The first-order valence-electron chi connectivity index (χ1n) is 12.6. The van der Waals surface area contributed by atoms with E-state index in [2.05, 4.69) is 26.5 Å². The summed E-state index contributed by atoms with van der Waals surface area (Å²) >= 11 is 5.59. The van der Waals surface area contributed by atoms with Crippen molar-refractivity contribution in [3.63, 3.8) is 0 Å². The zero-order chi connectivity index (χ0) is 23.2. The number of nitrogens with zero attached hydrogens (tertiary/aromatic N) is 4. The fourth-order valence-corrected chi connectivity index (χ4v) is 4.94. The van der Waals surface area contributed by atoms with Gasteiger partial charge in [-0.25, -0.2) is 0 Å². The van der Waals surface area contributed by atoms with Crippen molar-refractivity contribution < 1.29 is 9.47 Å². The van der Waals surface area contributed by atoms with Crippen LogP contribution in [0, 0.1) is 0 Å². The molecule has 9 heteroatoms. The summed E-state index contributed by atoms with van der Waals surface area (Å²) in [5, 5.41) is 7.02. The van der Waals surface area contributed by atoms with Crippen molar-refractivity contribution in [1.29, 1.82) is 0 Å². The normalized spacial score (nSPS) is 18.2. The van der Waals surface area contributed by atoms with Gasteiger partial charge in [-0.15, -0.1) is 0 Å². The summed E-state index contributed by atoms with van der Waals surface area (Å²) in [5.74, 6) is 4.11. The lowest BCUT2D eigenvalue weighted by molar-refractivity contribution is 0.174. The largest absolute Gasteiger partial charge is 0.454 e. The van der Waals surface area contributed by atoms with Crippen LogP contribution in [0.2, 0.25) is 0 Å². The zero-order valence-corrected chi connectivity index (χ0v) is 20.5. The van der Waals surface area contributed by atoms with Crippen LogP contribution in [0.5, 0.6) is 11.5 Å². The minimum atomic E-state index is 0.274. The van der Waals surface area contributed by atoms with Crippen molar-refractivity contribution in [2.75, 3.05) is 48.1 Å². The Hall–Kier alpha value is -2.81. The number of hydrogen-bond acceptors (Lipinski definition) is 7. The molecule has 2 aromatic rings. The minimum absolute atomic E-state index is 0.274. The van der Waals surface area contributed by atoms with Gasteiger partial charge in [0.1, 0.15) is 11.6 Å². The average molecular weight is 483 g/mol. The Bertz CT molecular complexity index is 949. The highest BCUT2D eigenvalue weighted by Crippen LogP contribution is 2.32. The summed E-state index contributed by atoms with van der Waals surface area (Å²) in [6.07, 6.45) is 10.0. The molecule has 0 atom stereocenters. The molecule has 0 saturated carbocycles. The molecule has 1 aromatic carbocycles. The first-order chi connectivity index (χ1) is 16.7. The lowest BCUT2D eigenvalue weighted by Gasteiger charge is -2.26. The zero-order valence-electron chi connectivity index (χ0n) is 19.7. The molecular weight excluding hydrogens is 448 g/mol. The number of thiocarbonyl (C=S) groups is 1. The second-order valence-corrected chi connectivity index (χ2v) is 9.61. The molecule has 8 nitrogen and oxygen atoms in total. The van der Waals surface area contributed by atoms with Gasteiger partial charge in [0.2, 0.25) is 12.7 Å². The van der Waals surface area contributed by atoms with Gasteiger partial charge in [-0.1, -0.05) is 31.7 Å². The molecule has 4 heterocycles. The molecule has 0 unspecified atom stereocenters. The summed E-state index contributed by atoms with van der Waals surface area (Å²) in [6.45, 7) is 5.03. The maximum atomic E-state index is 5.59. The SMILES string of the molecule is S=C(NCc1ccc2c(c1)OCO2)Nc1nc(N2CCCCCC2)cc(N2CCCCCC2)n1. The molecule has 0 aliphatic carbocycles. The molecule has 2 fully saturated rings. The van der Waals surface area contributed by atoms with E-state index in [4.69, 9.17) is 31.7 Å². The first kappa shape index (κ1) is 23.0. The number of aromatic nitrogens is 2. The predicted octanol–water partition coefficient (Wildman–Crippen LogP) is 4.45. The molecule has 34 heavy (non-hydrogen) atoms. The molecule has 0 bridgehead atoms. The highest BCUT2D eigenvalue weighted by Gasteiger charge is 2.19. The van der Waals surface area contributed by atoms with Gasteiger partial charge in [-0.2, -0.15) is 9.97 Å². The van der Waals surface area contributed by atoms with E-state index in [1.165, 1.54) is 51.4 Å². The Morgan fingerprint density at radius 2 is 1.38 bits per heavy atom. The van der Waals surface area contributed by atoms with E-state index in [0.29, 0.717) is 17.6 Å². The number of nitrogens with one attached hydrogen (secondary N) is 2. The van der Waals surface area contributed by atoms with Crippen LogP contribution in [0.4, 0.5) is 17.6 Å². The number of anilines is 3. The van der Waals surface area contributed by atoms with Crippen molar-refractivity contribution in [1.82, 2.24) is 15.3 Å². The van der Waals surface area contributed by atoms with Gasteiger partial charge in [0.05, 0.1) is 0 Å². The number of fused-ring (bicyclic) bond motifs is 1. The van der Waals surface area contributed by atoms with E-state index in [0.717, 1.165) is 54.9 Å². The molecule has 0 radical (unpaired) electrons. The Morgan fingerprint density at radius 1 is 0.794 bits per heavy atom. The molecule has 1 aromatic heterocycles. The fraction of sp³-hybridized carbons (Fsp3) is 0.560. The minimum Gasteiger partial charge on any atom is -0.454 e. The molecule has 2 N–H and O–H groups in total. The lowest BCUT2D eigenvalue weighted by Crippen LogP contribution is -2.31. The molecule has 0 spiro atoms. The van der Waals surface area contributed by atoms with Gasteiger partial charge in [0.25, 0.3) is 0 Å². The Labute approximate surface area is 207 Å². The standard InChI is InChI=1S/C25H34N6O2S/c34-25(26-17-19-9-10-20-21(15-19)33-18-32-20)29-24-27-22(30-11-5-1-2-6-12-30)16-23(28-24)31-13-7-3-4-8-14-31/h9-10,15-16H,1-8,11-14,17-18H2,(H2,26,27,28,29,34). The van der Waals surface area contributed by atoms with Crippen molar-refractivity contribution in [3.8, 4) is 11.5 Å². The van der Waals surface area contributed by atoms with Gasteiger partial charge >= 0.3 is 0 Å². The van der Waals surface area contributed by atoms with Crippen molar-refractivity contribution in [2.45, 2.75) is 57.9 Å². The van der Waals surface area contributed by atoms with E-state index < -0.39 is 0 Å². The predicted molar refractivity (Wildman–Crippen MR) is 139 cm³/mol. The summed E-state index contributed by atoms with van der Waals surface area (Å²) in [6, 6.07) is 8.09. The first-order valence-corrected chi connectivity index (χ1v) is 13.0. The molecule has 2 saturated heterocycles. The summed E-state index contributed by atoms with van der Waals surface area (Å²) < 4.78 is 10.9. The van der Waals surface area contributed by atoms with Gasteiger partial charge in [0, 0.05) is 38.8 Å². The van der Waals surface area contributed by atoms with E-state index >= 15 is 0 Å². The highest BCUT2D eigenvalue weighted by molar-refractivity contribution is 7.80. The quantitative estimate of drug-likeness (QED) is 0.601. The van der Waals surface area contributed by atoms with Crippen LogP contribution in [0.25, 0.3) is 0 Å². The third kappa shape index (κ3) is 5.81. The van der Waals surface area contributed by atoms with Gasteiger partial charge in [0.15, 0.2) is 16.6 Å². The second kappa shape index (κ2) is 11.1. The van der Waals surface area contributed by atoms with E-state index in [1.807, 2.05) is 18.2 Å². The molecule has 182 valence electrons. The molecular formula is C25H34N6O2S. The van der Waals surface area contributed by atoms with E-state index in [-0.39, 0.29) is 6.79 Å². The van der Waals surface area contributed by atoms with Gasteiger partial charge in [-0.3, -0.25) is 0 Å². The van der Waals surface area contributed by atoms with Crippen LogP contribution >= 0.6 is 12.2 Å². The van der Waals surface area contributed by atoms with E-state index in [1.54, 1.807) is 0 Å². The Kier molecular flexibility index (Phi) is 7.48. The van der Waals surface area contributed by atoms with Gasteiger partial charge in [-0.05, 0) is 55.6 Å². The van der Waals surface area contributed by atoms with Gasteiger partial charge < -0.3 is 29.9 Å². The lowest BCUT2D eigenvalue weighted by atomic mass is 10.2. The number of benzene rings is 1. The number of ether oxygens (including phenoxy) is 2. The monoisotopic (exact) mass is 482 g/mol. The molecule has 3 aliphatic rings. The maximum absolute atomic E-state index is 5.59. The maximum Gasteiger partial charge on any atom is 0.232 e. The van der Waals surface area contributed by atoms with Crippen molar-refractivity contribution in [2.24, 2.45) is 0 Å². The third-order valence-corrected chi connectivity index (χ3v) is 6.92. The number of rotatable bonds is 5. The topological polar surface area (TPSA) is 74.8 Å². The number of hydrogen-bond donors (Lipinski definition) is 2. The fourth-order valence-electron chi connectivity index (χ4n) is 4.78. The smallest absolute Gasteiger partial charge is 0.232 e. The average Bonchev–Trinajstić information content (AvgIpc) is 3.04. The summed E-state index contributed by atoms with van der Waals surface area (Å²) in [7, 11) is 0. The van der Waals surface area contributed by atoms with Crippen LogP contribution in [0.1, 0.15) is 56.9 Å². The molecule has 5 rings (SSSR count). The van der Waals surface area contributed by atoms with Crippen molar-refractivity contribution in [3.05, 3.63) is 29.8 Å². The summed E-state index contributed by atoms with van der Waals surface area (Å²) in [4.78, 5) is 14.6. The van der Waals surface area contributed by atoms with Crippen LogP contribution in [-0.4, -0.2) is 48.1 Å². The van der Waals surface area contributed by atoms with Crippen LogP contribution in [0.15, 0.2) is 24.3 Å². The van der Waals surface area contributed by atoms with Crippen LogP contribution in [-0.2, 0) is 6.54 Å². The Balaban J connectivity index is 1.30. The van der Waals surface area contributed by atoms with E-state index in [9.17, 15) is 0 Å². The second-order valence-electron chi connectivity index (χ2n) is 9.21. The molecule has 3 aliphatic heterocycles. The van der Waals surface area contributed by atoms with Crippen LogP contribution < -0.4 is 29.9 Å².